The van der Waals surface area contributed by atoms with Crippen LogP contribution in [0.15, 0.2) is 131 Å². The van der Waals surface area contributed by atoms with E-state index in [1.165, 1.54) is 11.8 Å². The third-order valence-corrected chi connectivity index (χ3v) is 11.2. The highest BCUT2D eigenvalue weighted by atomic mass is 35.5. The molecule has 0 saturated carbocycles. The lowest BCUT2D eigenvalue weighted by molar-refractivity contribution is -0.00000729. The third kappa shape index (κ3) is 5.10. The van der Waals surface area contributed by atoms with Gasteiger partial charge >= 0.3 is 0 Å². The van der Waals surface area contributed by atoms with Crippen LogP contribution in [0.3, 0.4) is 0 Å². The minimum Gasteiger partial charge on any atom is -1.00 e. The largest absolute Gasteiger partial charge is 1.00 e. The first-order valence-corrected chi connectivity index (χ1v) is 14.3. The van der Waals surface area contributed by atoms with Gasteiger partial charge in [-0.2, -0.15) is 5.26 Å². The molecule has 4 aromatic carbocycles. The van der Waals surface area contributed by atoms with Crippen molar-refractivity contribution in [1.82, 2.24) is 9.97 Å². The molecule has 0 spiro atoms. The number of hydrogen-bond donors (Lipinski definition) is 1. The first-order valence-electron chi connectivity index (χ1n) is 11.5. The van der Waals surface area contributed by atoms with E-state index in [9.17, 15) is 10.1 Å². The summed E-state index contributed by atoms with van der Waals surface area (Å²) < 4.78 is 0. The maximum atomic E-state index is 14.2. The van der Waals surface area contributed by atoms with E-state index in [1.807, 2.05) is 84.9 Å². The fourth-order valence-electron chi connectivity index (χ4n) is 4.47. The average Bonchev–Trinajstić information content (AvgIpc) is 2.95. The first-order chi connectivity index (χ1) is 17.7. The number of nitrogens with one attached hydrogen (secondary N) is 1. The van der Waals surface area contributed by atoms with Crippen LogP contribution in [0, 0.1) is 11.3 Å². The van der Waals surface area contributed by atoms with Crippen LogP contribution in [0.2, 0.25) is 0 Å². The molecule has 1 heterocycles. The maximum Gasteiger partial charge on any atom is 0.296 e. The van der Waals surface area contributed by atoms with Crippen LogP contribution >= 0.6 is 19.0 Å². The normalized spacial score (nSPS) is 10.8. The van der Waals surface area contributed by atoms with Crippen molar-refractivity contribution in [1.29, 1.82) is 5.26 Å². The minimum absolute atomic E-state index is 0. The highest BCUT2D eigenvalue weighted by Gasteiger charge is 2.52. The number of nitriles is 1. The first kappa shape index (κ1) is 26.4. The van der Waals surface area contributed by atoms with Gasteiger partial charge in [-0.25, -0.2) is 4.98 Å². The van der Waals surface area contributed by atoms with E-state index >= 15 is 0 Å². The Morgan fingerprint density at radius 3 is 1.59 bits per heavy atom. The van der Waals surface area contributed by atoms with Crippen molar-refractivity contribution < 1.29 is 12.4 Å². The molecule has 1 aromatic heterocycles. The van der Waals surface area contributed by atoms with E-state index in [2.05, 4.69) is 47.5 Å². The SMILES string of the molecule is N#CCSc1nc(-c2ccccc2)[nH]c(=O)c1[P+](c1ccccc1)(c1ccccc1)c1ccccc1.[Cl-]. The van der Waals surface area contributed by atoms with Crippen molar-refractivity contribution in [2.45, 2.75) is 5.03 Å². The Balaban J connectivity index is 0.00000320. The number of halogens is 1. The highest BCUT2D eigenvalue weighted by molar-refractivity contribution is 8.04. The zero-order valence-corrected chi connectivity index (χ0v) is 22.3. The average molecular weight is 540 g/mol. The lowest BCUT2D eigenvalue weighted by Gasteiger charge is -2.27. The van der Waals surface area contributed by atoms with Gasteiger partial charge in [0.1, 0.15) is 26.8 Å². The summed E-state index contributed by atoms with van der Waals surface area (Å²) in [6.07, 6.45) is 0. The number of hydrogen-bond acceptors (Lipinski definition) is 4. The molecule has 0 radical (unpaired) electrons. The molecular weight excluding hydrogens is 517 g/mol. The summed E-state index contributed by atoms with van der Waals surface area (Å²) in [6.45, 7) is 0. The molecule has 0 amide bonds. The summed E-state index contributed by atoms with van der Waals surface area (Å²) in [5, 5.41) is 13.8. The molecule has 182 valence electrons. The molecule has 0 atom stereocenters. The molecule has 7 heteroatoms. The number of nitrogens with zero attached hydrogens (tertiary/aromatic N) is 2. The fourth-order valence-corrected chi connectivity index (χ4v) is 9.88. The molecule has 1 N–H and O–H groups in total. The second-order valence-corrected chi connectivity index (χ2v) is 12.4. The molecule has 5 aromatic rings. The molecule has 5 rings (SSSR count). The van der Waals surface area contributed by atoms with E-state index < -0.39 is 7.26 Å². The van der Waals surface area contributed by atoms with Gasteiger partial charge in [0.15, 0.2) is 7.26 Å². The van der Waals surface area contributed by atoms with Crippen molar-refractivity contribution in [3.05, 3.63) is 132 Å². The van der Waals surface area contributed by atoms with Crippen LogP contribution in [-0.4, -0.2) is 15.7 Å². The molecule has 0 unspecified atom stereocenters. The quantitative estimate of drug-likeness (QED) is 0.194. The van der Waals surface area contributed by atoms with Crippen LogP contribution in [0.4, 0.5) is 0 Å². The van der Waals surface area contributed by atoms with E-state index in [4.69, 9.17) is 4.98 Å². The Labute approximate surface area is 227 Å². The zero-order valence-electron chi connectivity index (χ0n) is 19.8. The Kier molecular flexibility index (Phi) is 8.58. The fraction of sp³-hybridized carbons (Fsp3) is 0.0333. The number of aromatic amines is 1. The summed E-state index contributed by atoms with van der Waals surface area (Å²) >= 11 is 1.32. The number of thioether (sulfide) groups is 1. The second kappa shape index (κ2) is 12.0. The van der Waals surface area contributed by atoms with Gasteiger partial charge in [0.2, 0.25) is 5.30 Å². The highest BCUT2D eigenvalue weighted by Crippen LogP contribution is 2.54. The van der Waals surface area contributed by atoms with Gasteiger partial charge in [-0.05, 0) is 36.4 Å². The predicted octanol–water partition coefficient (Wildman–Crippen LogP) is 1.68. The molecule has 0 fully saturated rings. The Morgan fingerprint density at radius 2 is 1.16 bits per heavy atom. The molecule has 0 aliphatic carbocycles. The van der Waals surface area contributed by atoms with Gasteiger partial charge in [0.05, 0.1) is 11.8 Å². The van der Waals surface area contributed by atoms with Gasteiger partial charge < -0.3 is 17.4 Å². The van der Waals surface area contributed by atoms with Crippen molar-refractivity contribution in [2.75, 3.05) is 5.75 Å². The van der Waals surface area contributed by atoms with Gasteiger partial charge in [-0.3, -0.25) is 4.79 Å². The number of aromatic nitrogens is 2. The summed E-state index contributed by atoms with van der Waals surface area (Å²) in [5.74, 6) is 0.688. The van der Waals surface area contributed by atoms with Gasteiger partial charge in [-0.15, -0.1) is 0 Å². The molecular formula is C30H23ClN3OPS. The van der Waals surface area contributed by atoms with E-state index in [0.717, 1.165) is 21.5 Å². The minimum atomic E-state index is -2.67. The lowest BCUT2D eigenvalue weighted by Crippen LogP contribution is -3.00. The van der Waals surface area contributed by atoms with Crippen LogP contribution < -0.4 is 39.2 Å². The summed E-state index contributed by atoms with van der Waals surface area (Å²) in [4.78, 5) is 22.3. The van der Waals surface area contributed by atoms with E-state index in [1.54, 1.807) is 0 Å². The molecule has 0 saturated heterocycles. The van der Waals surface area contributed by atoms with E-state index in [-0.39, 0.29) is 23.7 Å². The Morgan fingerprint density at radius 1 is 0.730 bits per heavy atom. The zero-order chi connectivity index (χ0) is 24.8. The van der Waals surface area contributed by atoms with Crippen LogP contribution in [-0.2, 0) is 0 Å². The summed E-state index contributed by atoms with van der Waals surface area (Å²) in [5.41, 5.74) is 0.636. The van der Waals surface area contributed by atoms with Crippen LogP contribution in [0.5, 0.6) is 0 Å². The van der Waals surface area contributed by atoms with Gasteiger partial charge in [0.25, 0.3) is 5.56 Å². The lowest BCUT2D eigenvalue weighted by atomic mass is 10.2. The van der Waals surface area contributed by atoms with Crippen molar-refractivity contribution in [2.24, 2.45) is 0 Å². The molecule has 4 nitrogen and oxygen atoms in total. The Bertz CT molecular complexity index is 1460. The predicted molar refractivity (Wildman–Crippen MR) is 151 cm³/mol. The molecule has 37 heavy (non-hydrogen) atoms. The smallest absolute Gasteiger partial charge is 0.296 e. The summed E-state index contributed by atoms with van der Waals surface area (Å²) in [6, 6.07) is 42.4. The van der Waals surface area contributed by atoms with Gasteiger partial charge in [-0.1, -0.05) is 96.7 Å². The van der Waals surface area contributed by atoms with Crippen molar-refractivity contribution >= 4 is 40.2 Å². The van der Waals surface area contributed by atoms with E-state index in [0.29, 0.717) is 16.2 Å². The van der Waals surface area contributed by atoms with Gasteiger partial charge in [0, 0.05) is 5.56 Å². The molecule has 0 aliphatic heterocycles. The Hall–Kier alpha value is -3.68. The standard InChI is InChI=1S/C30H22N3OPS.ClH/c31-21-22-36-30-27(29(34)32-28(33-30)23-13-5-1-6-14-23)35(24-15-7-2-8-16-24,25-17-9-3-10-18-25)26-19-11-4-12-20-26;/h1-20H,22H2;1H. The van der Waals surface area contributed by atoms with Crippen LogP contribution in [0.1, 0.15) is 0 Å². The number of benzene rings is 4. The number of H-pyrrole nitrogens is 1. The van der Waals surface area contributed by atoms with Crippen molar-refractivity contribution in [3.8, 4) is 17.5 Å². The van der Waals surface area contributed by atoms with Crippen LogP contribution in [0.25, 0.3) is 11.4 Å². The number of rotatable bonds is 7. The third-order valence-electron chi connectivity index (χ3n) is 5.95. The topological polar surface area (TPSA) is 69.5 Å². The summed E-state index contributed by atoms with van der Waals surface area (Å²) in [7, 11) is -2.67. The second-order valence-electron chi connectivity index (χ2n) is 8.06. The molecule has 0 bridgehead atoms. The maximum absolute atomic E-state index is 14.2. The van der Waals surface area contributed by atoms with Crippen molar-refractivity contribution in [3.63, 3.8) is 0 Å². The molecule has 0 aliphatic rings. The monoisotopic (exact) mass is 539 g/mol.